The van der Waals surface area contributed by atoms with E-state index in [9.17, 15) is 4.39 Å². The van der Waals surface area contributed by atoms with Crippen LogP contribution in [0.15, 0.2) is 72.1 Å². The molecule has 30 heavy (non-hydrogen) atoms. The fourth-order valence-corrected chi connectivity index (χ4v) is 3.98. The first-order valence-corrected chi connectivity index (χ1v) is 10.7. The molecular formula is C23H18FN5S. The Balaban J connectivity index is 1.59. The van der Waals surface area contributed by atoms with E-state index in [-0.39, 0.29) is 11.9 Å². The first-order valence-electron chi connectivity index (χ1n) is 9.52. The molecule has 0 fully saturated rings. The molecule has 0 saturated carbocycles. The van der Waals surface area contributed by atoms with Crippen LogP contribution in [0.4, 0.5) is 4.39 Å². The van der Waals surface area contributed by atoms with Crippen LogP contribution in [0.1, 0.15) is 18.5 Å². The number of rotatable bonds is 4. The van der Waals surface area contributed by atoms with Crippen LogP contribution in [0.25, 0.3) is 33.5 Å². The summed E-state index contributed by atoms with van der Waals surface area (Å²) in [7, 11) is 0. The van der Waals surface area contributed by atoms with Gasteiger partial charge in [0.2, 0.25) is 0 Å². The minimum atomic E-state index is -0.303. The SMILES string of the molecule is CSc1ccc(-c2cnc3ncn(C(C)c4cc5cccnc5cc4F)c3n2)cc1. The maximum absolute atomic E-state index is 14.9. The molecule has 0 aliphatic carbocycles. The van der Waals surface area contributed by atoms with Crippen LogP contribution in [0.5, 0.6) is 0 Å². The quantitative estimate of drug-likeness (QED) is 0.362. The maximum atomic E-state index is 14.9. The van der Waals surface area contributed by atoms with Gasteiger partial charge in [0.15, 0.2) is 11.3 Å². The standard InChI is InChI=1S/C23H18FN5S/c1-14(18-10-16-4-3-9-25-20(16)11-19(18)24)29-13-27-22-23(29)28-21(12-26-22)15-5-7-17(30-2)8-6-15/h3-14H,1-2H3. The minimum Gasteiger partial charge on any atom is -0.306 e. The Morgan fingerprint density at radius 3 is 2.67 bits per heavy atom. The van der Waals surface area contributed by atoms with Gasteiger partial charge in [-0.3, -0.25) is 4.98 Å². The zero-order chi connectivity index (χ0) is 20.7. The lowest BCUT2D eigenvalue weighted by Crippen LogP contribution is -2.09. The fraction of sp³-hybridized carbons (Fsp3) is 0.130. The third-order valence-corrected chi connectivity index (χ3v) is 6.00. The van der Waals surface area contributed by atoms with Crippen LogP contribution in [0.2, 0.25) is 0 Å². The van der Waals surface area contributed by atoms with Crippen molar-refractivity contribution < 1.29 is 4.39 Å². The zero-order valence-corrected chi connectivity index (χ0v) is 17.3. The van der Waals surface area contributed by atoms with Crippen LogP contribution in [-0.4, -0.2) is 30.8 Å². The van der Waals surface area contributed by atoms with Crippen molar-refractivity contribution in [2.75, 3.05) is 6.26 Å². The average Bonchev–Trinajstić information content (AvgIpc) is 3.21. The van der Waals surface area contributed by atoms with Crippen molar-refractivity contribution in [2.24, 2.45) is 0 Å². The van der Waals surface area contributed by atoms with E-state index in [0.717, 1.165) is 16.6 Å². The Labute approximate surface area is 177 Å². The first-order chi connectivity index (χ1) is 14.6. The molecule has 0 radical (unpaired) electrons. The zero-order valence-electron chi connectivity index (χ0n) is 16.5. The van der Waals surface area contributed by atoms with Gasteiger partial charge in [-0.1, -0.05) is 18.2 Å². The van der Waals surface area contributed by atoms with E-state index in [1.807, 2.05) is 48.1 Å². The monoisotopic (exact) mass is 415 g/mol. The van der Waals surface area contributed by atoms with E-state index in [0.29, 0.717) is 22.4 Å². The second-order valence-electron chi connectivity index (χ2n) is 7.03. The lowest BCUT2D eigenvalue weighted by Gasteiger charge is -2.16. The van der Waals surface area contributed by atoms with E-state index < -0.39 is 0 Å². The molecule has 0 N–H and O–H groups in total. The van der Waals surface area contributed by atoms with E-state index >= 15 is 0 Å². The molecule has 3 heterocycles. The molecular weight excluding hydrogens is 397 g/mol. The van der Waals surface area contributed by atoms with Crippen LogP contribution in [0, 0.1) is 5.82 Å². The van der Waals surface area contributed by atoms with Gasteiger partial charge < -0.3 is 4.57 Å². The number of thioether (sulfide) groups is 1. The summed E-state index contributed by atoms with van der Waals surface area (Å²) < 4.78 is 16.7. The molecule has 148 valence electrons. The molecule has 0 spiro atoms. The smallest absolute Gasteiger partial charge is 0.197 e. The van der Waals surface area contributed by atoms with Gasteiger partial charge in [-0.05, 0) is 37.4 Å². The van der Waals surface area contributed by atoms with Gasteiger partial charge in [0, 0.05) is 33.7 Å². The molecule has 0 bridgehead atoms. The average molecular weight is 415 g/mol. The summed E-state index contributed by atoms with van der Waals surface area (Å²) in [6, 6.07) is 15.0. The molecule has 1 unspecified atom stereocenters. The second kappa shape index (κ2) is 7.50. The summed E-state index contributed by atoms with van der Waals surface area (Å²) in [5.41, 5.74) is 4.09. The van der Waals surface area contributed by atoms with Crippen LogP contribution < -0.4 is 0 Å². The lowest BCUT2D eigenvalue weighted by molar-refractivity contribution is 0.564. The number of pyridine rings is 1. The highest BCUT2D eigenvalue weighted by Gasteiger charge is 2.18. The molecule has 7 heteroatoms. The van der Waals surface area contributed by atoms with Gasteiger partial charge in [-0.2, -0.15) is 0 Å². The molecule has 3 aromatic heterocycles. The Morgan fingerprint density at radius 1 is 1.03 bits per heavy atom. The Morgan fingerprint density at radius 2 is 1.87 bits per heavy atom. The molecule has 0 amide bonds. The molecule has 5 nitrogen and oxygen atoms in total. The molecule has 0 aliphatic heterocycles. The molecule has 1 atom stereocenters. The first kappa shape index (κ1) is 18.7. The van der Waals surface area contributed by atoms with E-state index in [2.05, 4.69) is 27.1 Å². The molecule has 5 rings (SSSR count). The van der Waals surface area contributed by atoms with Gasteiger partial charge in [0.05, 0.1) is 29.8 Å². The Hall–Kier alpha value is -3.32. The van der Waals surface area contributed by atoms with Crippen molar-refractivity contribution >= 4 is 34.0 Å². The number of hydrogen-bond acceptors (Lipinski definition) is 5. The summed E-state index contributed by atoms with van der Waals surface area (Å²) in [6.07, 6.45) is 7.10. The van der Waals surface area contributed by atoms with E-state index in [1.165, 1.54) is 11.0 Å². The Bertz CT molecular complexity index is 1360. The lowest BCUT2D eigenvalue weighted by atomic mass is 10.0. The number of hydrogen-bond donors (Lipinski definition) is 0. The van der Waals surface area contributed by atoms with Crippen molar-refractivity contribution in [2.45, 2.75) is 17.9 Å². The largest absolute Gasteiger partial charge is 0.306 e. The van der Waals surface area contributed by atoms with E-state index in [4.69, 9.17) is 4.98 Å². The van der Waals surface area contributed by atoms with Crippen molar-refractivity contribution in [1.82, 2.24) is 24.5 Å². The van der Waals surface area contributed by atoms with Crippen molar-refractivity contribution in [1.29, 1.82) is 0 Å². The minimum absolute atomic E-state index is 0.299. The number of nitrogens with zero attached hydrogens (tertiary/aromatic N) is 5. The number of benzene rings is 2. The summed E-state index contributed by atoms with van der Waals surface area (Å²) in [6.45, 7) is 1.93. The summed E-state index contributed by atoms with van der Waals surface area (Å²) >= 11 is 1.69. The van der Waals surface area contributed by atoms with Crippen LogP contribution in [0.3, 0.4) is 0 Å². The molecule has 0 saturated heterocycles. The third-order valence-electron chi connectivity index (χ3n) is 5.26. The molecule has 5 aromatic rings. The highest BCUT2D eigenvalue weighted by Crippen LogP contribution is 2.28. The fourth-order valence-electron chi connectivity index (χ4n) is 3.58. The predicted octanol–water partition coefficient (Wildman–Crippen LogP) is 5.51. The third kappa shape index (κ3) is 3.21. The summed E-state index contributed by atoms with van der Waals surface area (Å²) in [5, 5.41) is 0.894. The maximum Gasteiger partial charge on any atom is 0.197 e. The second-order valence-corrected chi connectivity index (χ2v) is 7.91. The topological polar surface area (TPSA) is 56.5 Å². The number of aromatic nitrogens is 5. The van der Waals surface area contributed by atoms with E-state index in [1.54, 1.807) is 30.5 Å². The summed E-state index contributed by atoms with van der Waals surface area (Å²) in [5.74, 6) is -0.299. The van der Waals surface area contributed by atoms with Gasteiger partial charge >= 0.3 is 0 Å². The van der Waals surface area contributed by atoms with Gasteiger partial charge in [0.25, 0.3) is 0 Å². The van der Waals surface area contributed by atoms with Gasteiger partial charge in [-0.15, -0.1) is 11.8 Å². The Kier molecular flexibility index (Phi) is 4.67. The highest BCUT2D eigenvalue weighted by atomic mass is 32.2. The highest BCUT2D eigenvalue weighted by molar-refractivity contribution is 7.98. The normalized spacial score (nSPS) is 12.5. The van der Waals surface area contributed by atoms with Gasteiger partial charge in [0.1, 0.15) is 5.82 Å². The molecule has 2 aromatic carbocycles. The van der Waals surface area contributed by atoms with Crippen molar-refractivity contribution in [3.05, 3.63) is 78.6 Å². The van der Waals surface area contributed by atoms with Crippen molar-refractivity contribution in [3.8, 4) is 11.3 Å². The summed E-state index contributed by atoms with van der Waals surface area (Å²) in [4.78, 5) is 19.0. The number of halogens is 1. The number of imidazole rings is 1. The molecule has 0 aliphatic rings. The number of fused-ring (bicyclic) bond motifs is 2. The van der Waals surface area contributed by atoms with Crippen LogP contribution in [-0.2, 0) is 0 Å². The van der Waals surface area contributed by atoms with Gasteiger partial charge in [-0.25, -0.2) is 19.3 Å². The van der Waals surface area contributed by atoms with Crippen molar-refractivity contribution in [3.63, 3.8) is 0 Å². The van der Waals surface area contributed by atoms with Crippen LogP contribution >= 0.6 is 11.8 Å². The predicted molar refractivity (Wildman–Crippen MR) is 118 cm³/mol.